The highest BCUT2D eigenvalue weighted by molar-refractivity contribution is 5.62. The molecule has 0 spiro atoms. The van der Waals surface area contributed by atoms with Crippen LogP contribution in [0.5, 0.6) is 0 Å². The van der Waals surface area contributed by atoms with E-state index in [1.165, 1.54) is 11.1 Å². The Morgan fingerprint density at radius 1 is 1.25 bits per heavy atom. The molecule has 0 aliphatic rings. The summed E-state index contributed by atoms with van der Waals surface area (Å²) in [5, 5.41) is 3.99. The smallest absolute Gasteiger partial charge is 0.167 e. The number of hydrogen-bond acceptors (Lipinski definition) is 3. The maximum absolute atomic E-state index is 5.48. The number of aromatic nitrogens is 1. The van der Waals surface area contributed by atoms with Crippen molar-refractivity contribution in [2.45, 2.75) is 20.3 Å². The average Bonchev–Trinajstić information content (AvgIpc) is 2.67. The van der Waals surface area contributed by atoms with Crippen molar-refractivity contribution in [3.63, 3.8) is 0 Å². The molecule has 3 nitrogen and oxygen atoms in total. The Morgan fingerprint density at radius 2 is 2.06 bits per heavy atom. The van der Waals surface area contributed by atoms with Gasteiger partial charge in [-0.3, -0.25) is 0 Å². The summed E-state index contributed by atoms with van der Waals surface area (Å²) in [7, 11) is 0. The predicted octanol–water partition coefficient (Wildman–Crippen LogP) is 2.46. The standard InChI is InChI=1S/C13H16N2O/c1-9-3-4-12(10(2)7-9)13-8-11(5-6-14)15-16-13/h3-4,7-8H,5-6,14H2,1-2H3. The van der Waals surface area contributed by atoms with E-state index >= 15 is 0 Å². The van der Waals surface area contributed by atoms with E-state index in [0.29, 0.717) is 6.54 Å². The topological polar surface area (TPSA) is 52.0 Å². The lowest BCUT2D eigenvalue weighted by atomic mass is 10.0. The molecule has 1 aromatic carbocycles. The number of aryl methyl sites for hydroxylation is 2. The molecule has 1 heterocycles. The van der Waals surface area contributed by atoms with E-state index in [4.69, 9.17) is 10.3 Å². The maximum atomic E-state index is 5.48. The molecule has 0 atom stereocenters. The van der Waals surface area contributed by atoms with Crippen LogP contribution in [0.15, 0.2) is 28.8 Å². The monoisotopic (exact) mass is 216 g/mol. The molecule has 0 saturated carbocycles. The molecule has 3 heteroatoms. The van der Waals surface area contributed by atoms with E-state index in [1.807, 2.05) is 6.07 Å². The summed E-state index contributed by atoms with van der Waals surface area (Å²) in [4.78, 5) is 0. The Kier molecular flexibility index (Phi) is 3.06. The van der Waals surface area contributed by atoms with E-state index in [2.05, 4.69) is 37.2 Å². The molecular weight excluding hydrogens is 200 g/mol. The van der Waals surface area contributed by atoms with Crippen molar-refractivity contribution in [3.8, 4) is 11.3 Å². The van der Waals surface area contributed by atoms with Crippen LogP contribution in [0.1, 0.15) is 16.8 Å². The lowest BCUT2D eigenvalue weighted by Crippen LogP contribution is -2.02. The third-order valence-corrected chi connectivity index (χ3v) is 2.61. The molecule has 0 bridgehead atoms. The third kappa shape index (κ3) is 2.14. The summed E-state index contributed by atoms with van der Waals surface area (Å²) < 4.78 is 5.32. The lowest BCUT2D eigenvalue weighted by Gasteiger charge is -2.02. The molecule has 0 aliphatic heterocycles. The first-order valence-electron chi connectivity index (χ1n) is 5.44. The zero-order valence-electron chi connectivity index (χ0n) is 9.66. The molecule has 0 aliphatic carbocycles. The molecule has 0 fully saturated rings. The van der Waals surface area contributed by atoms with E-state index < -0.39 is 0 Å². The van der Waals surface area contributed by atoms with Gasteiger partial charge in [-0.15, -0.1) is 0 Å². The van der Waals surface area contributed by atoms with Gasteiger partial charge in [0.1, 0.15) is 0 Å². The second kappa shape index (κ2) is 4.49. The van der Waals surface area contributed by atoms with Crippen molar-refractivity contribution in [3.05, 3.63) is 41.1 Å². The molecule has 16 heavy (non-hydrogen) atoms. The maximum Gasteiger partial charge on any atom is 0.167 e. The van der Waals surface area contributed by atoms with Gasteiger partial charge < -0.3 is 10.3 Å². The first-order chi connectivity index (χ1) is 7.70. The highest BCUT2D eigenvalue weighted by Gasteiger charge is 2.08. The summed E-state index contributed by atoms with van der Waals surface area (Å²) in [6, 6.07) is 8.25. The van der Waals surface area contributed by atoms with E-state index in [0.717, 1.165) is 23.4 Å². The summed E-state index contributed by atoms with van der Waals surface area (Å²) in [6.07, 6.45) is 0.758. The van der Waals surface area contributed by atoms with Crippen molar-refractivity contribution in [2.75, 3.05) is 6.54 Å². The minimum atomic E-state index is 0.596. The van der Waals surface area contributed by atoms with E-state index in [-0.39, 0.29) is 0 Å². The zero-order chi connectivity index (χ0) is 11.5. The van der Waals surface area contributed by atoms with Crippen LogP contribution in [-0.4, -0.2) is 11.7 Å². The van der Waals surface area contributed by atoms with Crippen molar-refractivity contribution in [1.82, 2.24) is 5.16 Å². The van der Waals surface area contributed by atoms with Crippen LogP contribution >= 0.6 is 0 Å². The van der Waals surface area contributed by atoms with Crippen LogP contribution in [0.3, 0.4) is 0 Å². The second-order valence-electron chi connectivity index (χ2n) is 4.04. The van der Waals surface area contributed by atoms with Crippen LogP contribution < -0.4 is 5.73 Å². The fourth-order valence-electron chi connectivity index (χ4n) is 1.79. The van der Waals surface area contributed by atoms with Gasteiger partial charge in [-0.05, 0) is 26.0 Å². The normalized spacial score (nSPS) is 10.7. The van der Waals surface area contributed by atoms with Gasteiger partial charge in [0.2, 0.25) is 0 Å². The van der Waals surface area contributed by atoms with Gasteiger partial charge in [-0.1, -0.05) is 28.9 Å². The fraction of sp³-hybridized carbons (Fsp3) is 0.308. The van der Waals surface area contributed by atoms with Crippen molar-refractivity contribution >= 4 is 0 Å². The van der Waals surface area contributed by atoms with Crippen LogP contribution in [0.2, 0.25) is 0 Å². The predicted molar refractivity (Wildman–Crippen MR) is 64.2 cm³/mol. The molecule has 2 N–H and O–H groups in total. The highest BCUT2D eigenvalue weighted by atomic mass is 16.5. The minimum absolute atomic E-state index is 0.596. The van der Waals surface area contributed by atoms with Gasteiger partial charge in [0, 0.05) is 18.1 Å². The average molecular weight is 216 g/mol. The van der Waals surface area contributed by atoms with Gasteiger partial charge in [0.25, 0.3) is 0 Å². The number of benzene rings is 1. The van der Waals surface area contributed by atoms with Gasteiger partial charge in [0.15, 0.2) is 5.76 Å². The Bertz CT molecular complexity index is 488. The third-order valence-electron chi connectivity index (χ3n) is 2.61. The van der Waals surface area contributed by atoms with Crippen molar-refractivity contribution in [1.29, 1.82) is 0 Å². The number of rotatable bonds is 3. The van der Waals surface area contributed by atoms with Crippen LogP contribution in [0, 0.1) is 13.8 Å². The SMILES string of the molecule is Cc1ccc(-c2cc(CCN)no2)c(C)c1. The van der Waals surface area contributed by atoms with Gasteiger partial charge in [0.05, 0.1) is 5.69 Å². The van der Waals surface area contributed by atoms with Crippen LogP contribution in [0.4, 0.5) is 0 Å². The van der Waals surface area contributed by atoms with Crippen molar-refractivity contribution in [2.24, 2.45) is 5.73 Å². The molecule has 0 radical (unpaired) electrons. The minimum Gasteiger partial charge on any atom is -0.356 e. The van der Waals surface area contributed by atoms with Gasteiger partial charge in [-0.25, -0.2) is 0 Å². The van der Waals surface area contributed by atoms with E-state index in [1.54, 1.807) is 0 Å². The molecule has 0 unspecified atom stereocenters. The van der Waals surface area contributed by atoms with E-state index in [9.17, 15) is 0 Å². The first-order valence-corrected chi connectivity index (χ1v) is 5.44. The Balaban J connectivity index is 2.35. The summed E-state index contributed by atoms with van der Waals surface area (Å²) in [5.74, 6) is 0.820. The Labute approximate surface area is 95.3 Å². The second-order valence-corrected chi connectivity index (χ2v) is 4.04. The zero-order valence-corrected chi connectivity index (χ0v) is 9.66. The lowest BCUT2D eigenvalue weighted by molar-refractivity contribution is 0.423. The van der Waals surface area contributed by atoms with Gasteiger partial charge >= 0.3 is 0 Å². The number of hydrogen-bond donors (Lipinski definition) is 1. The van der Waals surface area contributed by atoms with Gasteiger partial charge in [-0.2, -0.15) is 0 Å². The molecule has 0 saturated heterocycles. The molecule has 2 rings (SSSR count). The molecule has 84 valence electrons. The number of nitrogens with zero attached hydrogens (tertiary/aromatic N) is 1. The Hall–Kier alpha value is -1.61. The quantitative estimate of drug-likeness (QED) is 0.857. The summed E-state index contributed by atoms with van der Waals surface area (Å²) >= 11 is 0. The van der Waals surface area contributed by atoms with Crippen LogP contribution in [-0.2, 0) is 6.42 Å². The Morgan fingerprint density at radius 3 is 2.75 bits per heavy atom. The molecule has 2 aromatic rings. The molecule has 0 amide bonds. The van der Waals surface area contributed by atoms with Crippen LogP contribution in [0.25, 0.3) is 11.3 Å². The molecule has 1 aromatic heterocycles. The molecular formula is C13H16N2O. The number of nitrogens with two attached hydrogens (primary N) is 1. The fourth-order valence-corrected chi connectivity index (χ4v) is 1.79. The first kappa shape index (κ1) is 10.9. The summed E-state index contributed by atoms with van der Waals surface area (Å²) in [6.45, 7) is 4.75. The summed E-state index contributed by atoms with van der Waals surface area (Å²) in [5.41, 5.74) is 9.95. The highest BCUT2D eigenvalue weighted by Crippen LogP contribution is 2.24. The largest absolute Gasteiger partial charge is 0.356 e. The van der Waals surface area contributed by atoms with Crippen molar-refractivity contribution < 1.29 is 4.52 Å².